The fourth-order valence-electron chi connectivity index (χ4n) is 1.88. The van der Waals surface area contributed by atoms with Crippen molar-refractivity contribution in [1.82, 2.24) is 4.98 Å². The maximum Gasteiger partial charge on any atom is 0.229 e. The number of hydrogen-bond acceptors (Lipinski definition) is 3. The Morgan fingerprint density at radius 3 is 2.78 bits per heavy atom. The fraction of sp³-hybridized carbons (Fsp3) is 0.0714. The zero-order valence-electron chi connectivity index (χ0n) is 9.77. The van der Waals surface area contributed by atoms with Crippen LogP contribution in [0, 0.1) is 12.7 Å². The van der Waals surface area contributed by atoms with Crippen LogP contribution < -0.4 is 5.73 Å². The molecule has 90 valence electrons. The van der Waals surface area contributed by atoms with Crippen LogP contribution in [-0.4, -0.2) is 4.98 Å². The van der Waals surface area contributed by atoms with Crippen molar-refractivity contribution in [3.63, 3.8) is 0 Å². The van der Waals surface area contributed by atoms with Gasteiger partial charge in [0.15, 0.2) is 5.58 Å². The Morgan fingerprint density at radius 1 is 1.17 bits per heavy atom. The van der Waals surface area contributed by atoms with Gasteiger partial charge >= 0.3 is 0 Å². The molecule has 0 spiro atoms. The quantitative estimate of drug-likeness (QED) is 0.664. The Bertz CT molecular complexity index is 734. The summed E-state index contributed by atoms with van der Waals surface area (Å²) in [5, 5.41) is 0. The number of oxazole rings is 1. The number of fused-ring (bicyclic) bond motifs is 1. The molecule has 2 N–H and O–H groups in total. The third-order valence-electron chi connectivity index (χ3n) is 2.79. The fourth-order valence-corrected chi connectivity index (χ4v) is 1.88. The molecule has 0 aliphatic rings. The minimum atomic E-state index is -0.372. The van der Waals surface area contributed by atoms with E-state index in [1.54, 1.807) is 6.07 Å². The van der Waals surface area contributed by atoms with Gasteiger partial charge in [0.1, 0.15) is 11.3 Å². The number of hydrogen-bond donors (Lipinski definition) is 1. The molecule has 0 aliphatic carbocycles. The molecule has 0 aliphatic heterocycles. The zero-order valence-corrected chi connectivity index (χ0v) is 9.77. The van der Waals surface area contributed by atoms with Crippen molar-refractivity contribution in [1.29, 1.82) is 0 Å². The minimum absolute atomic E-state index is 0.318. The van der Waals surface area contributed by atoms with Gasteiger partial charge < -0.3 is 10.2 Å². The van der Waals surface area contributed by atoms with Crippen LogP contribution in [0.5, 0.6) is 0 Å². The highest BCUT2D eigenvalue weighted by atomic mass is 19.1. The molecule has 1 heterocycles. The number of nitrogens with two attached hydrogens (primary N) is 1. The predicted octanol–water partition coefficient (Wildman–Crippen LogP) is 3.52. The Labute approximate surface area is 103 Å². The molecule has 3 rings (SSSR count). The summed E-state index contributed by atoms with van der Waals surface area (Å²) in [6, 6.07) is 9.93. The van der Waals surface area contributed by atoms with Gasteiger partial charge in [-0.15, -0.1) is 0 Å². The summed E-state index contributed by atoms with van der Waals surface area (Å²) in [4.78, 5) is 4.35. The average Bonchev–Trinajstić information content (AvgIpc) is 2.71. The van der Waals surface area contributed by atoms with Crippen molar-refractivity contribution in [3.8, 4) is 11.5 Å². The molecule has 3 aromatic rings. The summed E-state index contributed by atoms with van der Waals surface area (Å²) in [5.74, 6) is 0.0382. The topological polar surface area (TPSA) is 52.0 Å². The molecule has 2 aromatic carbocycles. The number of rotatable bonds is 1. The largest absolute Gasteiger partial charge is 0.436 e. The molecule has 0 atom stereocenters. The van der Waals surface area contributed by atoms with E-state index in [-0.39, 0.29) is 5.82 Å². The van der Waals surface area contributed by atoms with Gasteiger partial charge in [-0.05, 0) is 42.8 Å². The minimum Gasteiger partial charge on any atom is -0.436 e. The molecule has 0 fully saturated rings. The van der Waals surface area contributed by atoms with Gasteiger partial charge in [-0.2, -0.15) is 0 Å². The molecule has 0 radical (unpaired) electrons. The lowest BCUT2D eigenvalue weighted by Gasteiger charge is -2.00. The molecule has 0 amide bonds. The van der Waals surface area contributed by atoms with E-state index in [0.717, 1.165) is 11.1 Å². The smallest absolute Gasteiger partial charge is 0.229 e. The van der Waals surface area contributed by atoms with E-state index < -0.39 is 0 Å². The van der Waals surface area contributed by atoms with E-state index >= 15 is 0 Å². The highest BCUT2D eigenvalue weighted by Gasteiger charge is 2.11. The standard InChI is InChI=1S/C14H11FN2O/c1-8-2-5-12-13(6-8)18-14(17-12)10-4-3-9(15)7-11(10)16/h2-7H,16H2,1H3. The number of nitrogen functional groups attached to an aromatic ring is 1. The van der Waals surface area contributed by atoms with Crippen LogP contribution >= 0.6 is 0 Å². The first-order valence-corrected chi connectivity index (χ1v) is 5.56. The van der Waals surface area contributed by atoms with E-state index in [1.807, 2.05) is 25.1 Å². The van der Waals surface area contributed by atoms with Gasteiger partial charge in [0.2, 0.25) is 5.89 Å². The molecule has 18 heavy (non-hydrogen) atoms. The van der Waals surface area contributed by atoms with E-state index in [4.69, 9.17) is 10.2 Å². The van der Waals surface area contributed by atoms with E-state index in [0.29, 0.717) is 22.7 Å². The highest BCUT2D eigenvalue weighted by molar-refractivity contribution is 5.79. The summed E-state index contributed by atoms with van der Waals surface area (Å²) in [7, 11) is 0. The summed E-state index contributed by atoms with van der Waals surface area (Å²) < 4.78 is 18.6. The van der Waals surface area contributed by atoms with Crippen LogP contribution in [0.1, 0.15) is 5.56 Å². The SMILES string of the molecule is Cc1ccc2nc(-c3ccc(F)cc3N)oc2c1. The first kappa shape index (κ1) is 10.8. The van der Waals surface area contributed by atoms with Crippen molar-refractivity contribution < 1.29 is 8.81 Å². The van der Waals surface area contributed by atoms with Crippen LogP contribution in [0.4, 0.5) is 10.1 Å². The van der Waals surface area contributed by atoms with Crippen molar-refractivity contribution in [2.24, 2.45) is 0 Å². The molecule has 0 bridgehead atoms. The second-order valence-corrected chi connectivity index (χ2v) is 4.22. The van der Waals surface area contributed by atoms with Gasteiger partial charge in [-0.3, -0.25) is 0 Å². The van der Waals surface area contributed by atoms with Crippen molar-refractivity contribution in [2.45, 2.75) is 6.92 Å². The number of halogens is 1. The third-order valence-corrected chi connectivity index (χ3v) is 2.79. The van der Waals surface area contributed by atoms with Gasteiger partial charge in [0, 0.05) is 5.69 Å². The summed E-state index contributed by atoms with van der Waals surface area (Å²) in [6.45, 7) is 1.98. The van der Waals surface area contributed by atoms with E-state index in [9.17, 15) is 4.39 Å². The molecule has 0 unspecified atom stereocenters. The van der Waals surface area contributed by atoms with Gasteiger partial charge in [0.25, 0.3) is 0 Å². The second kappa shape index (κ2) is 3.84. The summed E-state index contributed by atoms with van der Waals surface area (Å²) >= 11 is 0. The summed E-state index contributed by atoms with van der Waals surface area (Å²) in [5.41, 5.74) is 9.25. The van der Waals surface area contributed by atoms with Crippen molar-refractivity contribution in [2.75, 3.05) is 5.73 Å². The number of aryl methyl sites for hydroxylation is 1. The highest BCUT2D eigenvalue weighted by Crippen LogP contribution is 2.29. The molecular formula is C14H11FN2O. The van der Waals surface area contributed by atoms with Crippen molar-refractivity contribution in [3.05, 3.63) is 47.8 Å². The monoisotopic (exact) mass is 242 g/mol. The molecule has 1 aromatic heterocycles. The molecule has 0 saturated heterocycles. The van der Waals surface area contributed by atoms with Gasteiger partial charge in [-0.1, -0.05) is 6.07 Å². The predicted molar refractivity (Wildman–Crippen MR) is 68.6 cm³/mol. The number of anilines is 1. The summed E-state index contributed by atoms with van der Waals surface area (Å²) in [6.07, 6.45) is 0. The molecular weight excluding hydrogens is 231 g/mol. The van der Waals surface area contributed by atoms with E-state index in [1.165, 1.54) is 12.1 Å². The number of benzene rings is 2. The molecule has 3 nitrogen and oxygen atoms in total. The third kappa shape index (κ3) is 1.72. The van der Waals surface area contributed by atoms with Gasteiger partial charge in [-0.25, -0.2) is 9.37 Å². The number of nitrogens with zero attached hydrogens (tertiary/aromatic N) is 1. The van der Waals surface area contributed by atoms with Crippen LogP contribution in [0.3, 0.4) is 0 Å². The van der Waals surface area contributed by atoms with Crippen LogP contribution in [0.15, 0.2) is 40.8 Å². The Hall–Kier alpha value is -2.36. The van der Waals surface area contributed by atoms with Crippen LogP contribution in [0.2, 0.25) is 0 Å². The normalized spacial score (nSPS) is 11.0. The first-order chi connectivity index (χ1) is 8.63. The maximum atomic E-state index is 13.0. The van der Waals surface area contributed by atoms with Crippen LogP contribution in [-0.2, 0) is 0 Å². The molecule has 0 saturated carbocycles. The Morgan fingerprint density at radius 2 is 2.00 bits per heavy atom. The molecule has 4 heteroatoms. The Kier molecular flexibility index (Phi) is 2.30. The lowest BCUT2D eigenvalue weighted by atomic mass is 10.2. The van der Waals surface area contributed by atoms with Crippen molar-refractivity contribution >= 4 is 16.8 Å². The number of aromatic nitrogens is 1. The Balaban J connectivity index is 2.19. The lowest BCUT2D eigenvalue weighted by molar-refractivity contribution is 0.616. The lowest BCUT2D eigenvalue weighted by Crippen LogP contribution is -1.91. The first-order valence-electron chi connectivity index (χ1n) is 5.56. The van der Waals surface area contributed by atoms with Gasteiger partial charge in [0.05, 0.1) is 5.56 Å². The maximum absolute atomic E-state index is 13.0. The van der Waals surface area contributed by atoms with Crippen LogP contribution in [0.25, 0.3) is 22.6 Å². The average molecular weight is 242 g/mol. The zero-order chi connectivity index (χ0) is 12.7. The van der Waals surface area contributed by atoms with E-state index in [2.05, 4.69) is 4.98 Å². The second-order valence-electron chi connectivity index (χ2n) is 4.22.